The molecule has 0 unspecified atom stereocenters. The zero-order valence-electron chi connectivity index (χ0n) is 15.3. The van der Waals surface area contributed by atoms with Crippen LogP contribution in [0.1, 0.15) is 29.0 Å². The fourth-order valence-corrected chi connectivity index (χ4v) is 4.08. The standard InChI is InChI=1S/C24H24FN/c1-26(2)22-15-20-6-3-4-9-23(20)24(16-22)19-8-5-7-18(14-19)17-10-12-21(25)13-11-17/h3-14,22,24H,15-16H2,1-2H3/t22-,24+/m1/s1. The Kier molecular flexibility index (Phi) is 4.60. The van der Waals surface area contributed by atoms with Crippen LogP contribution < -0.4 is 0 Å². The molecule has 4 rings (SSSR count). The molecule has 1 nitrogen and oxygen atoms in total. The first-order valence-corrected chi connectivity index (χ1v) is 9.22. The summed E-state index contributed by atoms with van der Waals surface area (Å²) in [5, 5.41) is 0. The van der Waals surface area contributed by atoms with Crippen molar-refractivity contribution in [1.82, 2.24) is 4.90 Å². The molecule has 0 radical (unpaired) electrons. The summed E-state index contributed by atoms with van der Waals surface area (Å²) in [6.45, 7) is 0. The molecule has 132 valence electrons. The van der Waals surface area contributed by atoms with Gasteiger partial charge in [-0.25, -0.2) is 4.39 Å². The first-order chi connectivity index (χ1) is 12.6. The van der Waals surface area contributed by atoms with Gasteiger partial charge < -0.3 is 4.90 Å². The lowest BCUT2D eigenvalue weighted by molar-refractivity contribution is 0.258. The molecule has 2 heteroatoms. The van der Waals surface area contributed by atoms with Crippen molar-refractivity contribution in [3.05, 3.63) is 95.3 Å². The SMILES string of the molecule is CN(C)[C@@H]1Cc2ccccc2[C@H](c2cccc(-c3ccc(F)cc3)c2)C1. The number of benzene rings is 3. The molecule has 0 aliphatic heterocycles. The van der Waals surface area contributed by atoms with Crippen molar-refractivity contribution < 1.29 is 4.39 Å². The Morgan fingerprint density at radius 3 is 2.38 bits per heavy atom. The van der Waals surface area contributed by atoms with Gasteiger partial charge in [0.15, 0.2) is 0 Å². The molecule has 0 heterocycles. The average molecular weight is 345 g/mol. The molecule has 3 aromatic rings. The molecule has 3 aromatic carbocycles. The maximum absolute atomic E-state index is 13.3. The van der Waals surface area contributed by atoms with Crippen molar-refractivity contribution in [3.8, 4) is 11.1 Å². The molecule has 2 atom stereocenters. The van der Waals surface area contributed by atoms with Gasteiger partial charge in [0.2, 0.25) is 0 Å². The van der Waals surface area contributed by atoms with Gasteiger partial charge >= 0.3 is 0 Å². The molecule has 0 aromatic heterocycles. The lowest BCUT2D eigenvalue weighted by Gasteiger charge is -2.35. The van der Waals surface area contributed by atoms with E-state index < -0.39 is 0 Å². The minimum Gasteiger partial charge on any atom is -0.306 e. The third-order valence-corrected chi connectivity index (χ3v) is 5.59. The van der Waals surface area contributed by atoms with E-state index in [4.69, 9.17) is 0 Å². The smallest absolute Gasteiger partial charge is 0.123 e. The van der Waals surface area contributed by atoms with Gasteiger partial charge in [-0.05, 0) is 66.9 Å². The highest BCUT2D eigenvalue weighted by Gasteiger charge is 2.29. The van der Waals surface area contributed by atoms with Crippen molar-refractivity contribution in [2.75, 3.05) is 14.1 Å². The monoisotopic (exact) mass is 345 g/mol. The predicted molar refractivity (Wildman–Crippen MR) is 106 cm³/mol. The number of hydrogen-bond acceptors (Lipinski definition) is 1. The third-order valence-electron chi connectivity index (χ3n) is 5.59. The van der Waals surface area contributed by atoms with E-state index in [-0.39, 0.29) is 5.82 Å². The van der Waals surface area contributed by atoms with Gasteiger partial charge in [0.25, 0.3) is 0 Å². The second kappa shape index (κ2) is 7.05. The minimum absolute atomic E-state index is 0.195. The molecule has 0 N–H and O–H groups in total. The summed E-state index contributed by atoms with van der Waals surface area (Å²) in [4.78, 5) is 2.34. The highest BCUT2D eigenvalue weighted by atomic mass is 19.1. The quantitative estimate of drug-likeness (QED) is 0.606. The van der Waals surface area contributed by atoms with Crippen molar-refractivity contribution in [3.63, 3.8) is 0 Å². The number of rotatable bonds is 3. The summed E-state index contributed by atoms with van der Waals surface area (Å²) >= 11 is 0. The number of fused-ring (bicyclic) bond motifs is 1. The van der Waals surface area contributed by atoms with Crippen LogP contribution in [0.25, 0.3) is 11.1 Å². The Balaban J connectivity index is 1.74. The van der Waals surface area contributed by atoms with Gasteiger partial charge in [-0.3, -0.25) is 0 Å². The number of hydrogen-bond donors (Lipinski definition) is 0. The van der Waals surface area contributed by atoms with Crippen LogP contribution >= 0.6 is 0 Å². The van der Waals surface area contributed by atoms with Crippen molar-refractivity contribution >= 4 is 0 Å². The molecular weight excluding hydrogens is 321 g/mol. The van der Waals surface area contributed by atoms with Crippen LogP contribution in [0.2, 0.25) is 0 Å². The third kappa shape index (κ3) is 3.30. The van der Waals surface area contributed by atoms with E-state index in [2.05, 4.69) is 67.5 Å². The van der Waals surface area contributed by atoms with E-state index in [1.165, 1.54) is 28.8 Å². The fourth-order valence-electron chi connectivity index (χ4n) is 4.08. The van der Waals surface area contributed by atoms with Crippen LogP contribution in [0.5, 0.6) is 0 Å². The molecular formula is C24H24FN. The van der Waals surface area contributed by atoms with Crippen molar-refractivity contribution in [2.45, 2.75) is 24.8 Å². The fraction of sp³-hybridized carbons (Fsp3) is 0.250. The Labute approximate surface area is 155 Å². The number of nitrogens with zero attached hydrogens (tertiary/aromatic N) is 1. The van der Waals surface area contributed by atoms with Crippen LogP contribution in [-0.2, 0) is 6.42 Å². The molecule has 0 saturated heterocycles. The van der Waals surface area contributed by atoms with E-state index in [1.807, 2.05) is 12.1 Å². The van der Waals surface area contributed by atoms with Crippen LogP contribution in [0.15, 0.2) is 72.8 Å². The highest BCUT2D eigenvalue weighted by molar-refractivity contribution is 5.64. The second-order valence-corrected chi connectivity index (χ2v) is 7.44. The molecule has 26 heavy (non-hydrogen) atoms. The Bertz CT molecular complexity index is 898. The van der Waals surface area contributed by atoms with Crippen LogP contribution in [0.3, 0.4) is 0 Å². The van der Waals surface area contributed by atoms with Gasteiger partial charge in [0, 0.05) is 12.0 Å². The second-order valence-electron chi connectivity index (χ2n) is 7.44. The van der Waals surface area contributed by atoms with Crippen molar-refractivity contribution in [2.24, 2.45) is 0 Å². The highest BCUT2D eigenvalue weighted by Crippen LogP contribution is 2.39. The van der Waals surface area contributed by atoms with Gasteiger partial charge in [-0.15, -0.1) is 0 Å². The molecule has 0 fully saturated rings. The normalized spacial score (nSPS) is 19.4. The molecule has 0 amide bonds. The zero-order valence-corrected chi connectivity index (χ0v) is 15.3. The van der Waals surface area contributed by atoms with E-state index in [1.54, 1.807) is 0 Å². The Morgan fingerprint density at radius 2 is 1.62 bits per heavy atom. The van der Waals surface area contributed by atoms with Crippen LogP contribution in [-0.4, -0.2) is 25.0 Å². The lowest BCUT2D eigenvalue weighted by atomic mass is 9.76. The van der Waals surface area contributed by atoms with E-state index in [0.717, 1.165) is 24.0 Å². The Hall–Kier alpha value is -2.45. The predicted octanol–water partition coefficient (Wildman–Crippen LogP) is 5.50. The van der Waals surface area contributed by atoms with Gasteiger partial charge in [0.1, 0.15) is 5.82 Å². The van der Waals surface area contributed by atoms with E-state index >= 15 is 0 Å². The minimum atomic E-state index is -0.195. The average Bonchev–Trinajstić information content (AvgIpc) is 2.67. The van der Waals surface area contributed by atoms with Gasteiger partial charge in [-0.2, -0.15) is 0 Å². The number of halogens is 1. The van der Waals surface area contributed by atoms with Crippen molar-refractivity contribution in [1.29, 1.82) is 0 Å². The summed E-state index contributed by atoms with van der Waals surface area (Å²) < 4.78 is 13.3. The Morgan fingerprint density at radius 1 is 0.846 bits per heavy atom. The van der Waals surface area contributed by atoms with Crippen LogP contribution in [0.4, 0.5) is 4.39 Å². The summed E-state index contributed by atoms with van der Waals surface area (Å²) in [6.07, 6.45) is 2.23. The summed E-state index contributed by atoms with van der Waals surface area (Å²) in [6, 6.07) is 24.9. The molecule has 1 aliphatic carbocycles. The molecule has 0 bridgehead atoms. The topological polar surface area (TPSA) is 3.24 Å². The first kappa shape index (κ1) is 17.0. The molecule has 0 saturated carbocycles. The summed E-state index contributed by atoms with van der Waals surface area (Å²) in [7, 11) is 4.34. The summed E-state index contributed by atoms with van der Waals surface area (Å²) in [5.41, 5.74) is 6.44. The lowest BCUT2D eigenvalue weighted by Crippen LogP contribution is -2.35. The maximum Gasteiger partial charge on any atom is 0.123 e. The summed E-state index contributed by atoms with van der Waals surface area (Å²) in [5.74, 6) is 0.202. The van der Waals surface area contributed by atoms with Gasteiger partial charge in [-0.1, -0.05) is 60.7 Å². The maximum atomic E-state index is 13.3. The molecule has 1 aliphatic rings. The zero-order chi connectivity index (χ0) is 18.1. The number of likely N-dealkylation sites (N-methyl/N-ethyl adjacent to an activating group) is 1. The first-order valence-electron chi connectivity index (χ1n) is 9.22. The van der Waals surface area contributed by atoms with Gasteiger partial charge in [0.05, 0.1) is 0 Å². The molecule has 0 spiro atoms. The van der Waals surface area contributed by atoms with Crippen LogP contribution in [0, 0.1) is 5.82 Å². The largest absolute Gasteiger partial charge is 0.306 e. The van der Waals surface area contributed by atoms with E-state index in [0.29, 0.717) is 12.0 Å². The van der Waals surface area contributed by atoms with E-state index in [9.17, 15) is 4.39 Å².